The number of aliphatic hydroxyl groups is 1. The molecule has 0 saturated heterocycles. The van der Waals surface area contributed by atoms with Crippen molar-refractivity contribution in [2.45, 2.75) is 46.5 Å². The lowest BCUT2D eigenvalue weighted by Crippen LogP contribution is -2.38. The smallest absolute Gasteiger partial charge is 0.191 e. The Morgan fingerprint density at radius 2 is 2.05 bits per heavy atom. The summed E-state index contributed by atoms with van der Waals surface area (Å²) < 4.78 is 0. The van der Waals surface area contributed by atoms with E-state index in [0.717, 1.165) is 51.3 Å². The largest absolute Gasteiger partial charge is 0.396 e. The highest BCUT2D eigenvalue weighted by atomic mass is 16.3. The van der Waals surface area contributed by atoms with Gasteiger partial charge in [-0.1, -0.05) is 25.5 Å². The molecule has 0 aromatic heterocycles. The summed E-state index contributed by atoms with van der Waals surface area (Å²) in [6.07, 6.45) is 8.32. The van der Waals surface area contributed by atoms with E-state index in [1.54, 1.807) is 0 Å². The summed E-state index contributed by atoms with van der Waals surface area (Å²) in [4.78, 5) is 4.61. The van der Waals surface area contributed by atoms with Gasteiger partial charge in [0.25, 0.3) is 0 Å². The molecule has 1 unspecified atom stereocenters. The van der Waals surface area contributed by atoms with E-state index in [9.17, 15) is 0 Å². The van der Waals surface area contributed by atoms with E-state index >= 15 is 0 Å². The first-order valence-electron chi connectivity index (χ1n) is 7.52. The van der Waals surface area contributed by atoms with Crippen LogP contribution in [0.4, 0.5) is 0 Å². The lowest BCUT2D eigenvalue weighted by molar-refractivity contribution is 0.253. The van der Waals surface area contributed by atoms with Gasteiger partial charge in [0.05, 0.1) is 0 Å². The van der Waals surface area contributed by atoms with Crippen LogP contribution in [0.3, 0.4) is 0 Å². The highest BCUT2D eigenvalue weighted by Gasteiger charge is 2.06. The molecule has 0 saturated carbocycles. The fraction of sp³-hybridized carbons (Fsp3) is 0.800. The maximum atomic E-state index is 9.05. The monoisotopic (exact) mass is 269 g/mol. The van der Waals surface area contributed by atoms with E-state index in [0.29, 0.717) is 5.92 Å². The van der Waals surface area contributed by atoms with Crippen molar-refractivity contribution in [3.63, 3.8) is 0 Å². The number of nitrogens with zero attached hydrogens (tertiary/aromatic N) is 1. The van der Waals surface area contributed by atoms with Crippen LogP contribution in [0.15, 0.2) is 17.1 Å². The minimum absolute atomic E-state index is 0.255. The van der Waals surface area contributed by atoms with Gasteiger partial charge in [0, 0.05) is 26.2 Å². The molecule has 0 aliphatic heterocycles. The summed E-state index contributed by atoms with van der Waals surface area (Å²) >= 11 is 0. The number of hydrogen-bond acceptors (Lipinski definition) is 2. The number of guanidine groups is 1. The van der Waals surface area contributed by atoms with Gasteiger partial charge in [0.2, 0.25) is 0 Å². The Morgan fingerprint density at radius 3 is 2.63 bits per heavy atom. The molecule has 3 N–H and O–H groups in total. The zero-order chi connectivity index (χ0) is 14.3. The predicted molar refractivity (Wildman–Crippen MR) is 83.5 cm³/mol. The van der Waals surface area contributed by atoms with Gasteiger partial charge in [-0.2, -0.15) is 0 Å². The standard InChI is InChI=1S/C15H31N3O/c1-4-7-8-11-17-15(16-6-3)18-13-14(9-5-2)10-12-19/h4,7,14,19H,5-6,8-13H2,1-3H3,(H2,16,17,18)/b7-4+. The van der Waals surface area contributed by atoms with Crippen molar-refractivity contribution in [1.29, 1.82) is 0 Å². The molecule has 0 heterocycles. The van der Waals surface area contributed by atoms with Crippen LogP contribution in [0.1, 0.15) is 46.5 Å². The van der Waals surface area contributed by atoms with Crippen molar-refractivity contribution in [1.82, 2.24) is 10.6 Å². The van der Waals surface area contributed by atoms with Gasteiger partial charge in [0.15, 0.2) is 5.96 Å². The molecule has 112 valence electrons. The van der Waals surface area contributed by atoms with Gasteiger partial charge in [-0.15, -0.1) is 0 Å². The minimum Gasteiger partial charge on any atom is -0.396 e. The molecule has 0 radical (unpaired) electrons. The summed E-state index contributed by atoms with van der Waals surface area (Å²) in [5.41, 5.74) is 0. The summed E-state index contributed by atoms with van der Waals surface area (Å²) in [6.45, 7) is 9.08. The van der Waals surface area contributed by atoms with Crippen LogP contribution in [0, 0.1) is 5.92 Å². The van der Waals surface area contributed by atoms with Crippen LogP contribution in [0.2, 0.25) is 0 Å². The Hall–Kier alpha value is -1.03. The Labute approximate surface area is 118 Å². The molecule has 0 aliphatic carbocycles. The van der Waals surface area contributed by atoms with Crippen LogP contribution in [0.25, 0.3) is 0 Å². The van der Waals surface area contributed by atoms with Crippen LogP contribution in [-0.4, -0.2) is 37.3 Å². The second-order valence-corrected chi connectivity index (χ2v) is 4.67. The molecule has 0 spiro atoms. The van der Waals surface area contributed by atoms with E-state index in [1.807, 2.05) is 6.92 Å². The van der Waals surface area contributed by atoms with Crippen LogP contribution < -0.4 is 10.6 Å². The molecule has 4 nitrogen and oxygen atoms in total. The first-order valence-corrected chi connectivity index (χ1v) is 7.52. The number of aliphatic imine (C=N–C) groups is 1. The Bertz CT molecular complexity index is 246. The zero-order valence-corrected chi connectivity index (χ0v) is 12.8. The third kappa shape index (κ3) is 10.6. The van der Waals surface area contributed by atoms with Crippen LogP contribution in [0.5, 0.6) is 0 Å². The Kier molecular flexibility index (Phi) is 12.7. The maximum Gasteiger partial charge on any atom is 0.191 e. The third-order valence-electron chi connectivity index (χ3n) is 2.93. The van der Waals surface area contributed by atoms with Crippen molar-refractivity contribution in [3.8, 4) is 0 Å². The molecule has 19 heavy (non-hydrogen) atoms. The second-order valence-electron chi connectivity index (χ2n) is 4.67. The lowest BCUT2D eigenvalue weighted by atomic mass is 10.0. The molecule has 0 aromatic carbocycles. The van der Waals surface area contributed by atoms with Gasteiger partial charge in [0.1, 0.15) is 0 Å². The van der Waals surface area contributed by atoms with Crippen molar-refractivity contribution in [2.75, 3.05) is 26.2 Å². The summed E-state index contributed by atoms with van der Waals surface area (Å²) in [6, 6.07) is 0. The summed E-state index contributed by atoms with van der Waals surface area (Å²) in [7, 11) is 0. The SMILES string of the molecule is C/C=C/CCNC(=NCC(CCC)CCO)NCC. The van der Waals surface area contributed by atoms with Gasteiger partial charge in [-0.05, 0) is 39.0 Å². The fourth-order valence-corrected chi connectivity index (χ4v) is 1.92. The van der Waals surface area contributed by atoms with Crippen molar-refractivity contribution in [2.24, 2.45) is 10.9 Å². The van der Waals surface area contributed by atoms with E-state index in [2.05, 4.69) is 41.6 Å². The average Bonchev–Trinajstić information content (AvgIpc) is 2.41. The maximum absolute atomic E-state index is 9.05. The fourth-order valence-electron chi connectivity index (χ4n) is 1.92. The van der Waals surface area contributed by atoms with Crippen molar-refractivity contribution < 1.29 is 5.11 Å². The normalized spacial score (nSPS) is 13.8. The average molecular weight is 269 g/mol. The highest BCUT2D eigenvalue weighted by molar-refractivity contribution is 5.79. The van der Waals surface area contributed by atoms with Gasteiger partial charge in [-0.3, -0.25) is 4.99 Å². The minimum atomic E-state index is 0.255. The number of aliphatic hydroxyl groups excluding tert-OH is 1. The number of nitrogens with one attached hydrogen (secondary N) is 2. The zero-order valence-electron chi connectivity index (χ0n) is 12.8. The van der Waals surface area contributed by atoms with Crippen LogP contribution >= 0.6 is 0 Å². The molecule has 0 amide bonds. The second kappa shape index (κ2) is 13.4. The molecule has 0 bridgehead atoms. The van der Waals surface area contributed by atoms with E-state index < -0.39 is 0 Å². The molecule has 1 atom stereocenters. The lowest BCUT2D eigenvalue weighted by Gasteiger charge is -2.15. The number of hydrogen-bond donors (Lipinski definition) is 3. The molecular weight excluding hydrogens is 238 g/mol. The molecule has 0 fully saturated rings. The molecule has 0 rings (SSSR count). The van der Waals surface area contributed by atoms with Gasteiger partial charge >= 0.3 is 0 Å². The highest BCUT2D eigenvalue weighted by Crippen LogP contribution is 2.10. The molecule has 0 aliphatic rings. The third-order valence-corrected chi connectivity index (χ3v) is 2.93. The van der Waals surface area contributed by atoms with E-state index in [1.165, 1.54) is 0 Å². The molecule has 0 aromatic rings. The quantitative estimate of drug-likeness (QED) is 0.247. The first kappa shape index (κ1) is 18.0. The van der Waals surface area contributed by atoms with Gasteiger partial charge in [-0.25, -0.2) is 0 Å². The van der Waals surface area contributed by atoms with Gasteiger partial charge < -0.3 is 15.7 Å². The molecule has 4 heteroatoms. The summed E-state index contributed by atoms with van der Waals surface area (Å²) in [5, 5.41) is 15.6. The number of allylic oxidation sites excluding steroid dienone is 1. The van der Waals surface area contributed by atoms with Crippen molar-refractivity contribution in [3.05, 3.63) is 12.2 Å². The number of rotatable bonds is 10. The summed E-state index contributed by atoms with van der Waals surface area (Å²) in [5.74, 6) is 1.37. The Balaban J connectivity index is 4.19. The topological polar surface area (TPSA) is 56.7 Å². The van der Waals surface area contributed by atoms with E-state index in [-0.39, 0.29) is 6.61 Å². The first-order chi connectivity index (χ1) is 9.28. The predicted octanol–water partition coefficient (Wildman–Crippen LogP) is 2.31. The molecular formula is C15H31N3O. The van der Waals surface area contributed by atoms with Crippen LogP contribution in [-0.2, 0) is 0 Å². The van der Waals surface area contributed by atoms with E-state index in [4.69, 9.17) is 5.11 Å². The van der Waals surface area contributed by atoms with Crippen molar-refractivity contribution >= 4 is 5.96 Å². The Morgan fingerprint density at radius 1 is 1.26 bits per heavy atom.